The number of alkyl halides is 3. The van der Waals surface area contributed by atoms with Gasteiger partial charge in [0.25, 0.3) is 0 Å². The van der Waals surface area contributed by atoms with Gasteiger partial charge in [-0.25, -0.2) is 0 Å². The first-order chi connectivity index (χ1) is 6.16. The van der Waals surface area contributed by atoms with E-state index in [2.05, 4.69) is 6.58 Å². The van der Waals surface area contributed by atoms with E-state index in [1.165, 1.54) is 0 Å². The smallest absolute Gasteiger partial charge is 0.295 e. The number of carbonyl (C=O) groups is 2. The zero-order chi connectivity index (χ0) is 11.5. The van der Waals surface area contributed by atoms with Crippen LogP contribution in [0.5, 0.6) is 0 Å². The summed E-state index contributed by atoms with van der Waals surface area (Å²) in [5.41, 5.74) is -1.70. The number of hydrogen-bond acceptors (Lipinski definition) is 2. The molecule has 0 saturated heterocycles. The summed E-state index contributed by atoms with van der Waals surface area (Å²) in [6, 6.07) is 0. The van der Waals surface area contributed by atoms with Crippen LogP contribution in [0.15, 0.2) is 23.8 Å². The molecule has 0 heterocycles. The molecule has 0 fully saturated rings. The summed E-state index contributed by atoms with van der Waals surface area (Å²) < 4.78 is 36.5. The van der Waals surface area contributed by atoms with E-state index in [4.69, 9.17) is 0 Å². The summed E-state index contributed by atoms with van der Waals surface area (Å²) in [6.45, 7) is 4.97. The van der Waals surface area contributed by atoms with Gasteiger partial charge in [0.05, 0.1) is 5.57 Å². The molecule has 2 nitrogen and oxygen atoms in total. The molecule has 78 valence electrons. The fourth-order valence-corrected chi connectivity index (χ4v) is 0.659. The highest BCUT2D eigenvalue weighted by molar-refractivity contribution is 6.00. The summed E-state index contributed by atoms with van der Waals surface area (Å²) in [4.78, 5) is 21.2. The van der Waals surface area contributed by atoms with Gasteiger partial charge in [0.15, 0.2) is 11.6 Å². The molecule has 0 radical (unpaired) electrons. The van der Waals surface area contributed by atoms with Gasteiger partial charge in [-0.2, -0.15) is 13.2 Å². The highest BCUT2D eigenvalue weighted by Crippen LogP contribution is 2.27. The summed E-state index contributed by atoms with van der Waals surface area (Å²) >= 11 is 0. The lowest BCUT2D eigenvalue weighted by Crippen LogP contribution is -2.18. The second-order valence-electron chi connectivity index (χ2n) is 2.69. The van der Waals surface area contributed by atoms with E-state index in [0.29, 0.717) is 6.08 Å². The predicted molar refractivity (Wildman–Crippen MR) is 44.6 cm³/mol. The van der Waals surface area contributed by atoms with Crippen LogP contribution in [0.2, 0.25) is 0 Å². The Morgan fingerprint density at radius 2 is 1.57 bits per heavy atom. The molecule has 14 heavy (non-hydrogen) atoms. The van der Waals surface area contributed by atoms with Crippen LogP contribution in [0.4, 0.5) is 13.2 Å². The van der Waals surface area contributed by atoms with Gasteiger partial charge in [-0.3, -0.25) is 9.59 Å². The largest absolute Gasteiger partial charge is 0.419 e. The minimum Gasteiger partial charge on any atom is -0.295 e. The van der Waals surface area contributed by atoms with E-state index in [1.54, 1.807) is 0 Å². The molecule has 0 aliphatic rings. The highest BCUT2D eigenvalue weighted by atomic mass is 19.4. The monoisotopic (exact) mass is 206 g/mol. The second-order valence-corrected chi connectivity index (χ2v) is 2.69. The van der Waals surface area contributed by atoms with Crippen LogP contribution in [0.1, 0.15) is 13.8 Å². The molecular formula is C9H9F3O2. The third-order valence-corrected chi connectivity index (χ3v) is 1.46. The number of allylic oxidation sites excluding steroid dienone is 3. The fraction of sp³-hybridized carbons (Fsp3) is 0.333. The number of Topliss-reactive ketones (excluding diaryl/α,β-unsaturated/α-hetero) is 2. The molecule has 0 amide bonds. The zero-order valence-corrected chi connectivity index (χ0v) is 7.73. The molecule has 0 bridgehead atoms. The van der Waals surface area contributed by atoms with Gasteiger partial charge < -0.3 is 0 Å². The lowest BCUT2D eigenvalue weighted by atomic mass is 10.1. The summed E-state index contributed by atoms with van der Waals surface area (Å²) in [6.07, 6.45) is -4.28. The molecule has 0 aliphatic heterocycles. The molecule has 0 saturated carbocycles. The summed E-state index contributed by atoms with van der Waals surface area (Å²) in [5.74, 6) is -1.74. The number of rotatable bonds is 3. The summed E-state index contributed by atoms with van der Waals surface area (Å²) in [5, 5.41) is 0. The quantitative estimate of drug-likeness (QED) is 0.524. The van der Waals surface area contributed by atoms with Crippen LogP contribution in [0, 0.1) is 0 Å². The van der Waals surface area contributed by atoms with E-state index >= 15 is 0 Å². The number of halogens is 3. The molecule has 0 aromatic heterocycles. The summed E-state index contributed by atoms with van der Waals surface area (Å²) in [7, 11) is 0. The van der Waals surface area contributed by atoms with Gasteiger partial charge in [0.2, 0.25) is 0 Å². The van der Waals surface area contributed by atoms with Gasteiger partial charge in [0, 0.05) is 5.57 Å². The Kier molecular flexibility index (Phi) is 3.80. The third-order valence-electron chi connectivity index (χ3n) is 1.46. The van der Waals surface area contributed by atoms with Gasteiger partial charge in [-0.05, 0) is 19.9 Å². The minimum atomic E-state index is -4.75. The Morgan fingerprint density at radius 1 is 1.14 bits per heavy atom. The van der Waals surface area contributed by atoms with Crippen LogP contribution in [-0.4, -0.2) is 17.7 Å². The molecule has 0 aliphatic carbocycles. The number of hydrogen-bond donors (Lipinski definition) is 0. The van der Waals surface area contributed by atoms with E-state index < -0.39 is 23.3 Å². The van der Waals surface area contributed by atoms with E-state index in [9.17, 15) is 22.8 Å². The lowest BCUT2D eigenvalue weighted by molar-refractivity contribution is -0.127. The molecule has 0 aromatic rings. The Hall–Kier alpha value is -1.39. The van der Waals surface area contributed by atoms with Crippen molar-refractivity contribution in [2.75, 3.05) is 0 Å². The maximum absolute atomic E-state index is 12.2. The standard InChI is InChI=1S/C9H9F3O2/c1-5(6(2)13)4-8(7(3)14)9(10,11)12/h4H,1H2,2-3H3/b8-4+. The first-order valence-corrected chi connectivity index (χ1v) is 3.66. The van der Waals surface area contributed by atoms with E-state index in [0.717, 1.165) is 13.8 Å². The molecular weight excluding hydrogens is 197 g/mol. The normalized spacial score (nSPS) is 12.5. The van der Waals surface area contributed by atoms with E-state index in [1.807, 2.05) is 0 Å². The average Bonchev–Trinajstić information content (AvgIpc) is 1.96. The van der Waals surface area contributed by atoms with Crippen molar-refractivity contribution in [2.45, 2.75) is 20.0 Å². The average molecular weight is 206 g/mol. The van der Waals surface area contributed by atoms with Crippen LogP contribution >= 0.6 is 0 Å². The maximum Gasteiger partial charge on any atom is 0.419 e. The number of ketones is 2. The van der Waals surface area contributed by atoms with Crippen molar-refractivity contribution in [3.05, 3.63) is 23.8 Å². The topological polar surface area (TPSA) is 34.1 Å². The van der Waals surface area contributed by atoms with Gasteiger partial charge in [-0.15, -0.1) is 0 Å². The van der Waals surface area contributed by atoms with Crippen LogP contribution in [0.3, 0.4) is 0 Å². The van der Waals surface area contributed by atoms with Gasteiger partial charge in [0.1, 0.15) is 0 Å². The Bertz CT molecular complexity index is 311. The third kappa shape index (κ3) is 3.55. The molecule has 0 atom stereocenters. The highest BCUT2D eigenvalue weighted by Gasteiger charge is 2.36. The Balaban J connectivity index is 5.14. The van der Waals surface area contributed by atoms with Crippen LogP contribution < -0.4 is 0 Å². The second kappa shape index (κ2) is 4.21. The molecule has 0 unspecified atom stereocenters. The van der Waals surface area contributed by atoms with Crippen molar-refractivity contribution in [1.29, 1.82) is 0 Å². The first-order valence-electron chi connectivity index (χ1n) is 3.66. The van der Waals surface area contributed by atoms with Crippen molar-refractivity contribution in [1.82, 2.24) is 0 Å². The Morgan fingerprint density at radius 3 is 1.79 bits per heavy atom. The zero-order valence-electron chi connectivity index (χ0n) is 7.73. The van der Waals surface area contributed by atoms with Crippen molar-refractivity contribution >= 4 is 11.6 Å². The van der Waals surface area contributed by atoms with Gasteiger partial charge in [-0.1, -0.05) is 6.58 Å². The molecule has 0 aromatic carbocycles. The van der Waals surface area contributed by atoms with Crippen LogP contribution in [-0.2, 0) is 9.59 Å². The van der Waals surface area contributed by atoms with Crippen molar-refractivity contribution in [2.24, 2.45) is 0 Å². The molecule has 0 spiro atoms. The first kappa shape index (κ1) is 12.6. The maximum atomic E-state index is 12.2. The Labute approximate surface area is 79.1 Å². The minimum absolute atomic E-state index is 0.340. The molecule has 5 heteroatoms. The number of carbonyl (C=O) groups excluding carboxylic acids is 2. The lowest BCUT2D eigenvalue weighted by Gasteiger charge is -2.08. The fourth-order valence-electron chi connectivity index (χ4n) is 0.659. The van der Waals surface area contributed by atoms with Gasteiger partial charge >= 0.3 is 6.18 Å². The SMILES string of the molecule is C=C(/C=C(\C(C)=O)C(F)(F)F)C(C)=O. The predicted octanol–water partition coefficient (Wildman–Crippen LogP) is 2.21. The molecule has 0 rings (SSSR count). The van der Waals surface area contributed by atoms with Crippen molar-refractivity contribution in [3.63, 3.8) is 0 Å². The molecule has 0 N–H and O–H groups in total. The van der Waals surface area contributed by atoms with E-state index in [-0.39, 0.29) is 5.57 Å². The van der Waals surface area contributed by atoms with Crippen molar-refractivity contribution < 1.29 is 22.8 Å². The van der Waals surface area contributed by atoms with Crippen molar-refractivity contribution in [3.8, 4) is 0 Å². The van der Waals surface area contributed by atoms with Crippen LogP contribution in [0.25, 0.3) is 0 Å².